The molecule has 0 fully saturated rings. The Balaban J connectivity index is 4.31. The van der Waals surface area contributed by atoms with Crippen LogP contribution in [0.2, 0.25) is 0 Å². The van der Waals surface area contributed by atoms with E-state index in [2.05, 4.69) is 31.4 Å². The number of hydrogen-bond donors (Lipinski definition) is 4. The number of hydrogen-bond acceptors (Lipinski definition) is 10. The fourth-order valence-corrected chi connectivity index (χ4v) is 6.85. The van der Waals surface area contributed by atoms with Crippen molar-refractivity contribution in [1.82, 2.24) is 0 Å². The van der Waals surface area contributed by atoms with E-state index in [1.165, 1.54) is 77.0 Å². The van der Waals surface area contributed by atoms with Crippen LogP contribution in [0, 0.1) is 5.92 Å². The molecule has 12 heteroatoms. The van der Waals surface area contributed by atoms with E-state index in [1.807, 2.05) is 24.3 Å². The molecule has 0 aliphatic rings. The molecule has 0 saturated heterocycles. The summed E-state index contributed by atoms with van der Waals surface area (Å²) in [5.41, 5.74) is 0. The van der Waals surface area contributed by atoms with Crippen molar-refractivity contribution < 1.29 is 52.9 Å². The molecule has 0 amide bonds. The highest BCUT2D eigenvalue weighted by atomic mass is 31.2. The zero-order valence-corrected chi connectivity index (χ0v) is 37.0. The normalized spacial score (nSPS) is 15.3. The Morgan fingerprint density at radius 3 is 1.74 bits per heavy atom. The highest BCUT2D eigenvalue weighted by Crippen LogP contribution is 2.43. The lowest BCUT2D eigenvalue weighted by molar-refractivity contribution is -0.161. The van der Waals surface area contributed by atoms with E-state index < -0.39 is 57.9 Å². The maximum absolute atomic E-state index is 12.6. The molecule has 0 aliphatic heterocycles. The van der Waals surface area contributed by atoms with Crippen molar-refractivity contribution in [2.75, 3.05) is 26.4 Å². The predicted octanol–water partition coefficient (Wildman–Crippen LogP) is 10.8. The lowest BCUT2D eigenvalue weighted by Crippen LogP contribution is -2.29. The van der Waals surface area contributed by atoms with Crippen molar-refractivity contribution in [2.45, 2.75) is 206 Å². The van der Waals surface area contributed by atoms with Gasteiger partial charge in [0, 0.05) is 12.8 Å². The summed E-state index contributed by atoms with van der Waals surface area (Å²) in [6, 6.07) is 0. The standard InChI is InChI=1S/C45H83O11P/c1-4-6-26-32-41(47)33-28-23-19-15-13-17-21-25-30-35-45(50)56-43(39-55-57(51,52)54-37-42(48)36-46)38-53-44(49)34-29-24-20-16-12-10-8-7-9-11-14-18-22-27-31-40(3)5-2/h6,19,23,26,28,33,40-43,46-48H,4-5,7-18,20-22,24-25,27,29-32,34-39H2,1-3H3,(H,51,52)/b23-19+,26-6+,33-28+/t40?,41?,42-,43+/m0/s1. The Labute approximate surface area is 346 Å². The minimum absolute atomic E-state index is 0.139. The molecule has 0 aromatic carbocycles. The molecule has 0 rings (SSSR count). The van der Waals surface area contributed by atoms with Crippen LogP contribution in [0.5, 0.6) is 0 Å². The van der Waals surface area contributed by atoms with Crippen molar-refractivity contribution >= 4 is 19.8 Å². The van der Waals surface area contributed by atoms with E-state index in [0.717, 1.165) is 63.7 Å². The summed E-state index contributed by atoms with van der Waals surface area (Å²) in [5, 5.41) is 28.2. The molecule has 0 heterocycles. The second-order valence-electron chi connectivity index (χ2n) is 15.5. The van der Waals surface area contributed by atoms with Crippen LogP contribution < -0.4 is 0 Å². The summed E-state index contributed by atoms with van der Waals surface area (Å²) in [5.74, 6) is -0.104. The number of rotatable bonds is 41. The van der Waals surface area contributed by atoms with Gasteiger partial charge in [-0.05, 0) is 44.4 Å². The number of phosphoric acid groups is 1. The number of unbranched alkanes of at least 4 members (excludes halogenated alkanes) is 18. The molecule has 334 valence electrons. The predicted molar refractivity (Wildman–Crippen MR) is 230 cm³/mol. The molecule has 0 radical (unpaired) electrons. The van der Waals surface area contributed by atoms with Gasteiger partial charge >= 0.3 is 19.8 Å². The average molecular weight is 831 g/mol. The van der Waals surface area contributed by atoms with E-state index >= 15 is 0 Å². The van der Waals surface area contributed by atoms with Crippen molar-refractivity contribution in [3.05, 3.63) is 36.5 Å². The molecule has 0 aromatic heterocycles. The Kier molecular flexibility index (Phi) is 38.3. The second kappa shape index (κ2) is 39.6. The summed E-state index contributed by atoms with van der Waals surface area (Å²) in [6.45, 7) is 4.51. The zero-order chi connectivity index (χ0) is 42.2. The second-order valence-corrected chi connectivity index (χ2v) is 16.9. The molecule has 3 unspecified atom stereocenters. The molecule has 5 atom stereocenters. The van der Waals surface area contributed by atoms with Gasteiger partial charge in [0.2, 0.25) is 0 Å². The summed E-state index contributed by atoms with van der Waals surface area (Å²) in [7, 11) is -4.64. The fraction of sp³-hybridized carbons (Fsp3) is 0.822. The van der Waals surface area contributed by atoms with Crippen molar-refractivity contribution in [3.63, 3.8) is 0 Å². The lowest BCUT2D eigenvalue weighted by Gasteiger charge is -2.20. The van der Waals surface area contributed by atoms with Gasteiger partial charge in [0.05, 0.1) is 25.9 Å². The average Bonchev–Trinajstić information content (AvgIpc) is 3.19. The van der Waals surface area contributed by atoms with Gasteiger partial charge in [-0.1, -0.05) is 173 Å². The first kappa shape index (κ1) is 55.2. The third kappa shape index (κ3) is 39.4. The van der Waals surface area contributed by atoms with Crippen LogP contribution in [0.3, 0.4) is 0 Å². The quantitative estimate of drug-likeness (QED) is 0.0152. The zero-order valence-electron chi connectivity index (χ0n) is 36.1. The third-order valence-electron chi connectivity index (χ3n) is 9.93. The summed E-state index contributed by atoms with van der Waals surface area (Å²) >= 11 is 0. The van der Waals surface area contributed by atoms with Crippen LogP contribution in [-0.4, -0.2) is 76.9 Å². The minimum atomic E-state index is -4.64. The number of aliphatic hydroxyl groups is 3. The number of phosphoric ester groups is 1. The topological polar surface area (TPSA) is 169 Å². The van der Waals surface area contributed by atoms with Crippen LogP contribution in [0.4, 0.5) is 0 Å². The molecule has 0 aromatic rings. The van der Waals surface area contributed by atoms with Crippen LogP contribution in [-0.2, 0) is 32.7 Å². The van der Waals surface area contributed by atoms with Crippen LogP contribution in [0.15, 0.2) is 36.5 Å². The number of allylic oxidation sites excluding steroid dienone is 4. The monoisotopic (exact) mass is 831 g/mol. The first-order chi connectivity index (χ1) is 27.5. The van der Waals surface area contributed by atoms with Gasteiger partial charge in [0.1, 0.15) is 12.7 Å². The minimum Gasteiger partial charge on any atom is -0.462 e. The van der Waals surface area contributed by atoms with Gasteiger partial charge in [-0.15, -0.1) is 0 Å². The lowest BCUT2D eigenvalue weighted by atomic mass is 9.99. The molecule has 0 bridgehead atoms. The SMILES string of the molecule is CC/C=C/CC(O)/C=C/C=C/CCCCCCCC(=O)O[C@H](COC(=O)CCCCCCCCCCCCCCCCC(C)CC)COP(=O)(O)OC[C@@H](O)CO. The Morgan fingerprint density at radius 2 is 1.18 bits per heavy atom. The van der Waals surface area contributed by atoms with Crippen molar-refractivity contribution in [1.29, 1.82) is 0 Å². The molecule has 4 N–H and O–H groups in total. The fourth-order valence-electron chi connectivity index (χ4n) is 6.06. The number of ether oxygens (including phenoxy) is 2. The molecule has 0 aliphatic carbocycles. The summed E-state index contributed by atoms with van der Waals surface area (Å²) < 4.78 is 32.7. The van der Waals surface area contributed by atoms with Crippen molar-refractivity contribution in [3.8, 4) is 0 Å². The molecule has 57 heavy (non-hydrogen) atoms. The molecular weight excluding hydrogens is 747 g/mol. The van der Waals surface area contributed by atoms with E-state index in [-0.39, 0.29) is 19.4 Å². The molecule has 0 spiro atoms. The van der Waals surface area contributed by atoms with Gasteiger partial charge in [-0.3, -0.25) is 18.6 Å². The Morgan fingerprint density at radius 1 is 0.649 bits per heavy atom. The first-order valence-electron chi connectivity index (χ1n) is 22.4. The maximum atomic E-state index is 12.6. The smallest absolute Gasteiger partial charge is 0.462 e. The molecule has 0 saturated carbocycles. The van der Waals surface area contributed by atoms with E-state index in [9.17, 15) is 29.3 Å². The largest absolute Gasteiger partial charge is 0.472 e. The third-order valence-corrected chi connectivity index (χ3v) is 10.9. The number of esters is 2. The van der Waals surface area contributed by atoms with Crippen molar-refractivity contribution in [2.24, 2.45) is 5.92 Å². The molecule has 11 nitrogen and oxygen atoms in total. The van der Waals surface area contributed by atoms with Gasteiger partial charge in [0.25, 0.3) is 0 Å². The molecular formula is C45H83O11P. The van der Waals surface area contributed by atoms with E-state index in [0.29, 0.717) is 19.3 Å². The Bertz CT molecular complexity index is 1080. The number of aliphatic hydroxyl groups excluding tert-OH is 3. The summed E-state index contributed by atoms with van der Waals surface area (Å²) in [4.78, 5) is 35.0. The number of carbonyl (C=O) groups is 2. The van der Waals surface area contributed by atoms with Gasteiger partial charge in [-0.25, -0.2) is 4.57 Å². The highest BCUT2D eigenvalue weighted by molar-refractivity contribution is 7.47. The highest BCUT2D eigenvalue weighted by Gasteiger charge is 2.27. The van der Waals surface area contributed by atoms with Gasteiger partial charge in [-0.2, -0.15) is 0 Å². The van der Waals surface area contributed by atoms with E-state index in [4.69, 9.17) is 19.1 Å². The van der Waals surface area contributed by atoms with Gasteiger partial charge in [0.15, 0.2) is 6.10 Å². The first-order valence-corrected chi connectivity index (χ1v) is 23.9. The summed E-state index contributed by atoms with van der Waals surface area (Å²) in [6.07, 6.45) is 35.8. The van der Waals surface area contributed by atoms with Crippen LogP contribution in [0.25, 0.3) is 0 Å². The van der Waals surface area contributed by atoms with Gasteiger partial charge < -0.3 is 29.7 Å². The van der Waals surface area contributed by atoms with E-state index in [1.54, 1.807) is 6.08 Å². The van der Waals surface area contributed by atoms with Crippen LogP contribution in [0.1, 0.15) is 188 Å². The maximum Gasteiger partial charge on any atom is 0.472 e. The van der Waals surface area contributed by atoms with Crippen LogP contribution >= 0.6 is 7.82 Å². The Hall–Kier alpha value is -1.85. The number of carbonyl (C=O) groups excluding carboxylic acids is 2.